The second-order valence-corrected chi connectivity index (χ2v) is 3.28. The number of aromatic amines is 1. The van der Waals surface area contributed by atoms with Gasteiger partial charge in [-0.25, -0.2) is 4.98 Å². The van der Waals surface area contributed by atoms with E-state index in [1.807, 2.05) is 25.1 Å². The maximum absolute atomic E-state index is 5.41. The number of rotatable bonds is 4. The molecule has 1 aromatic heterocycles. The van der Waals surface area contributed by atoms with Crippen LogP contribution in [0.1, 0.15) is 18.2 Å². The Bertz CT molecular complexity index is 409. The molecule has 0 aliphatic heterocycles. The van der Waals surface area contributed by atoms with Gasteiger partial charge in [0.25, 0.3) is 0 Å². The van der Waals surface area contributed by atoms with Crippen LogP contribution in [-0.2, 0) is 6.42 Å². The number of ether oxygens (including phenoxy) is 1. The molecule has 0 atom stereocenters. The maximum Gasteiger partial charge on any atom is 0.235 e. The molecule has 1 aromatic carbocycles. The van der Waals surface area contributed by atoms with Gasteiger partial charge in [0.2, 0.25) is 5.88 Å². The van der Waals surface area contributed by atoms with E-state index in [9.17, 15) is 0 Å². The molecule has 0 amide bonds. The first-order chi connectivity index (χ1) is 7.40. The lowest BCUT2D eigenvalue weighted by molar-refractivity contribution is 0.325. The van der Waals surface area contributed by atoms with Crippen LogP contribution in [-0.4, -0.2) is 16.6 Å². The van der Waals surface area contributed by atoms with Crippen LogP contribution in [0.25, 0.3) is 0 Å². The summed E-state index contributed by atoms with van der Waals surface area (Å²) in [5.74, 6) is 0.710. The number of benzene rings is 1. The number of hydrogen-bond donors (Lipinski definition) is 1. The molecule has 0 saturated carbocycles. The SMILES string of the molecule is CCOc1nc[nH]c1Cc1ccccc1. The monoisotopic (exact) mass is 202 g/mol. The van der Waals surface area contributed by atoms with Gasteiger partial charge in [0, 0.05) is 6.42 Å². The maximum atomic E-state index is 5.41. The molecule has 1 heterocycles. The molecule has 1 N–H and O–H groups in total. The highest BCUT2D eigenvalue weighted by molar-refractivity contribution is 5.27. The van der Waals surface area contributed by atoms with Gasteiger partial charge in [0.05, 0.1) is 18.6 Å². The molecule has 15 heavy (non-hydrogen) atoms. The highest BCUT2D eigenvalue weighted by Gasteiger charge is 2.06. The number of H-pyrrole nitrogens is 1. The van der Waals surface area contributed by atoms with E-state index in [2.05, 4.69) is 22.1 Å². The fourth-order valence-electron chi connectivity index (χ4n) is 1.50. The third-order valence-corrected chi connectivity index (χ3v) is 2.18. The summed E-state index contributed by atoms with van der Waals surface area (Å²) >= 11 is 0. The van der Waals surface area contributed by atoms with Gasteiger partial charge in [-0.15, -0.1) is 0 Å². The van der Waals surface area contributed by atoms with Crippen molar-refractivity contribution in [3.05, 3.63) is 47.9 Å². The van der Waals surface area contributed by atoms with Crippen molar-refractivity contribution in [1.29, 1.82) is 0 Å². The predicted octanol–water partition coefficient (Wildman–Crippen LogP) is 2.40. The van der Waals surface area contributed by atoms with Gasteiger partial charge in [0.1, 0.15) is 0 Å². The van der Waals surface area contributed by atoms with E-state index in [0.717, 1.165) is 12.1 Å². The van der Waals surface area contributed by atoms with Crippen molar-refractivity contribution in [1.82, 2.24) is 9.97 Å². The second-order valence-electron chi connectivity index (χ2n) is 3.28. The minimum absolute atomic E-state index is 0.645. The van der Waals surface area contributed by atoms with E-state index >= 15 is 0 Å². The van der Waals surface area contributed by atoms with Gasteiger partial charge in [-0.3, -0.25) is 0 Å². The van der Waals surface area contributed by atoms with Crippen molar-refractivity contribution in [3.8, 4) is 5.88 Å². The molecule has 2 aromatic rings. The molecule has 3 nitrogen and oxygen atoms in total. The van der Waals surface area contributed by atoms with Crippen LogP contribution in [0.4, 0.5) is 0 Å². The van der Waals surface area contributed by atoms with E-state index in [-0.39, 0.29) is 0 Å². The molecule has 78 valence electrons. The van der Waals surface area contributed by atoms with Gasteiger partial charge < -0.3 is 9.72 Å². The third-order valence-electron chi connectivity index (χ3n) is 2.18. The van der Waals surface area contributed by atoms with Gasteiger partial charge in [0.15, 0.2) is 0 Å². The molecular weight excluding hydrogens is 188 g/mol. The third kappa shape index (κ3) is 2.37. The summed E-state index contributed by atoms with van der Waals surface area (Å²) in [6, 6.07) is 10.3. The second kappa shape index (κ2) is 4.64. The average molecular weight is 202 g/mol. The minimum Gasteiger partial charge on any atom is -0.477 e. The molecule has 0 unspecified atom stereocenters. The summed E-state index contributed by atoms with van der Waals surface area (Å²) in [7, 11) is 0. The molecule has 0 bridgehead atoms. The zero-order valence-corrected chi connectivity index (χ0v) is 8.73. The van der Waals surface area contributed by atoms with E-state index in [1.165, 1.54) is 5.56 Å². The standard InChI is InChI=1S/C12H14N2O/c1-2-15-12-11(13-9-14-12)8-10-6-4-3-5-7-10/h3-7,9H,2,8H2,1H3,(H,13,14). The predicted molar refractivity (Wildman–Crippen MR) is 59.0 cm³/mol. The molecule has 0 saturated heterocycles. The van der Waals surface area contributed by atoms with Gasteiger partial charge >= 0.3 is 0 Å². The van der Waals surface area contributed by atoms with Crippen molar-refractivity contribution >= 4 is 0 Å². The zero-order valence-electron chi connectivity index (χ0n) is 8.73. The Labute approximate surface area is 89.1 Å². The van der Waals surface area contributed by atoms with Crippen LogP contribution < -0.4 is 4.74 Å². The lowest BCUT2D eigenvalue weighted by Gasteiger charge is -2.03. The van der Waals surface area contributed by atoms with E-state index < -0.39 is 0 Å². The van der Waals surface area contributed by atoms with E-state index in [1.54, 1.807) is 6.33 Å². The summed E-state index contributed by atoms with van der Waals surface area (Å²) in [5, 5.41) is 0. The van der Waals surface area contributed by atoms with Gasteiger partial charge in [-0.1, -0.05) is 30.3 Å². The van der Waals surface area contributed by atoms with Gasteiger partial charge in [-0.2, -0.15) is 0 Å². The first kappa shape index (κ1) is 9.77. The number of nitrogens with zero attached hydrogens (tertiary/aromatic N) is 1. The Morgan fingerprint density at radius 1 is 1.27 bits per heavy atom. The van der Waals surface area contributed by atoms with Crippen LogP contribution in [0.2, 0.25) is 0 Å². The average Bonchev–Trinajstić information content (AvgIpc) is 2.68. The molecular formula is C12H14N2O. The number of nitrogens with one attached hydrogen (secondary N) is 1. The summed E-state index contributed by atoms with van der Waals surface area (Å²) in [5.41, 5.74) is 2.28. The number of imidazole rings is 1. The molecule has 0 radical (unpaired) electrons. The number of aromatic nitrogens is 2. The molecule has 3 heteroatoms. The Kier molecular flexibility index (Phi) is 3.02. The highest BCUT2D eigenvalue weighted by Crippen LogP contribution is 2.16. The first-order valence-corrected chi connectivity index (χ1v) is 5.09. The fourth-order valence-corrected chi connectivity index (χ4v) is 1.50. The van der Waals surface area contributed by atoms with Crippen molar-refractivity contribution in [2.24, 2.45) is 0 Å². The Hall–Kier alpha value is -1.77. The molecule has 0 fully saturated rings. The Morgan fingerprint density at radius 2 is 2.07 bits per heavy atom. The lowest BCUT2D eigenvalue weighted by Crippen LogP contribution is -1.97. The Balaban J connectivity index is 2.14. The molecule has 2 rings (SSSR count). The van der Waals surface area contributed by atoms with Crippen LogP contribution in [0.15, 0.2) is 36.7 Å². The highest BCUT2D eigenvalue weighted by atomic mass is 16.5. The van der Waals surface area contributed by atoms with Crippen LogP contribution in [0.3, 0.4) is 0 Å². The number of hydrogen-bond acceptors (Lipinski definition) is 2. The van der Waals surface area contributed by atoms with Crippen molar-refractivity contribution in [2.75, 3.05) is 6.61 Å². The summed E-state index contributed by atoms with van der Waals surface area (Å²) in [6.07, 6.45) is 2.50. The van der Waals surface area contributed by atoms with Crippen LogP contribution >= 0.6 is 0 Å². The summed E-state index contributed by atoms with van der Waals surface area (Å²) in [4.78, 5) is 7.23. The quantitative estimate of drug-likeness (QED) is 0.826. The van der Waals surface area contributed by atoms with Crippen molar-refractivity contribution in [3.63, 3.8) is 0 Å². The molecule has 0 spiro atoms. The molecule has 0 aliphatic carbocycles. The van der Waals surface area contributed by atoms with Crippen LogP contribution in [0.5, 0.6) is 5.88 Å². The van der Waals surface area contributed by atoms with Crippen molar-refractivity contribution < 1.29 is 4.74 Å². The fraction of sp³-hybridized carbons (Fsp3) is 0.250. The first-order valence-electron chi connectivity index (χ1n) is 5.09. The van der Waals surface area contributed by atoms with Crippen molar-refractivity contribution in [2.45, 2.75) is 13.3 Å². The van der Waals surface area contributed by atoms with Crippen LogP contribution in [0, 0.1) is 0 Å². The topological polar surface area (TPSA) is 37.9 Å². The molecule has 0 aliphatic rings. The smallest absolute Gasteiger partial charge is 0.235 e. The minimum atomic E-state index is 0.645. The summed E-state index contributed by atoms with van der Waals surface area (Å²) < 4.78 is 5.41. The lowest BCUT2D eigenvalue weighted by atomic mass is 10.1. The normalized spacial score (nSPS) is 10.2. The van der Waals surface area contributed by atoms with E-state index in [4.69, 9.17) is 4.74 Å². The van der Waals surface area contributed by atoms with E-state index in [0.29, 0.717) is 12.5 Å². The largest absolute Gasteiger partial charge is 0.477 e. The summed E-state index contributed by atoms with van der Waals surface area (Å²) in [6.45, 7) is 2.60. The zero-order chi connectivity index (χ0) is 10.5. The Morgan fingerprint density at radius 3 is 2.80 bits per heavy atom. The van der Waals surface area contributed by atoms with Gasteiger partial charge in [-0.05, 0) is 12.5 Å².